The van der Waals surface area contributed by atoms with Crippen molar-refractivity contribution in [3.8, 4) is 0 Å². The first kappa shape index (κ1) is 21.3. The number of nitrogens with one attached hydrogen (secondary N) is 1. The first-order valence-electron chi connectivity index (χ1n) is 8.96. The van der Waals surface area contributed by atoms with Crippen molar-refractivity contribution in [2.24, 2.45) is 0 Å². The SMILES string of the molecule is O=C(NC(N1CCN(Cc2ccccc2)CC1)C(Cl)(Cl)Cl)c1ccc(F)cc1. The van der Waals surface area contributed by atoms with Crippen LogP contribution in [0.3, 0.4) is 0 Å². The summed E-state index contributed by atoms with van der Waals surface area (Å²) in [6.45, 7) is 3.73. The van der Waals surface area contributed by atoms with Gasteiger partial charge in [-0.25, -0.2) is 4.39 Å². The normalized spacial score (nSPS) is 17.3. The molecule has 1 saturated heterocycles. The van der Waals surface area contributed by atoms with Gasteiger partial charge in [0, 0.05) is 38.3 Å². The molecule has 0 aliphatic carbocycles. The summed E-state index contributed by atoms with van der Waals surface area (Å²) in [5.74, 6) is -0.827. The summed E-state index contributed by atoms with van der Waals surface area (Å²) in [5.41, 5.74) is 1.56. The van der Waals surface area contributed by atoms with Crippen molar-refractivity contribution in [1.82, 2.24) is 15.1 Å². The molecule has 150 valence electrons. The Labute approximate surface area is 179 Å². The van der Waals surface area contributed by atoms with E-state index in [0.29, 0.717) is 18.7 Å². The maximum absolute atomic E-state index is 13.1. The zero-order chi connectivity index (χ0) is 20.1. The number of rotatable bonds is 5. The molecular formula is C20H21Cl3FN3O. The fourth-order valence-electron chi connectivity index (χ4n) is 3.21. The molecule has 1 unspecified atom stereocenters. The van der Waals surface area contributed by atoms with Crippen LogP contribution in [-0.2, 0) is 6.54 Å². The van der Waals surface area contributed by atoms with Crippen LogP contribution in [0, 0.1) is 5.82 Å². The minimum Gasteiger partial charge on any atom is -0.332 e. The zero-order valence-electron chi connectivity index (χ0n) is 15.1. The van der Waals surface area contributed by atoms with Crippen molar-refractivity contribution < 1.29 is 9.18 Å². The number of alkyl halides is 3. The Hall–Kier alpha value is -1.37. The van der Waals surface area contributed by atoms with E-state index in [-0.39, 0.29) is 0 Å². The number of carbonyl (C=O) groups is 1. The monoisotopic (exact) mass is 443 g/mol. The van der Waals surface area contributed by atoms with Crippen LogP contribution in [0.4, 0.5) is 4.39 Å². The number of carbonyl (C=O) groups excluding carboxylic acids is 1. The van der Waals surface area contributed by atoms with Crippen molar-refractivity contribution in [2.45, 2.75) is 16.5 Å². The number of piperazine rings is 1. The van der Waals surface area contributed by atoms with Gasteiger partial charge in [0.2, 0.25) is 3.79 Å². The van der Waals surface area contributed by atoms with Crippen molar-refractivity contribution in [2.75, 3.05) is 26.2 Å². The molecule has 2 aromatic rings. The fourth-order valence-corrected chi connectivity index (χ4v) is 3.79. The van der Waals surface area contributed by atoms with E-state index >= 15 is 0 Å². The topological polar surface area (TPSA) is 35.6 Å². The number of halogens is 4. The third-order valence-electron chi connectivity index (χ3n) is 4.71. The van der Waals surface area contributed by atoms with Crippen molar-refractivity contribution in [3.05, 3.63) is 71.5 Å². The highest BCUT2D eigenvalue weighted by molar-refractivity contribution is 6.68. The van der Waals surface area contributed by atoms with Crippen molar-refractivity contribution in [1.29, 1.82) is 0 Å². The Morgan fingerprint density at radius 1 is 1.00 bits per heavy atom. The summed E-state index contributed by atoms with van der Waals surface area (Å²) >= 11 is 18.5. The molecule has 0 radical (unpaired) electrons. The molecule has 0 bridgehead atoms. The Bertz CT molecular complexity index is 776. The van der Waals surface area contributed by atoms with Crippen LogP contribution >= 0.6 is 34.8 Å². The highest BCUT2D eigenvalue weighted by atomic mass is 35.6. The van der Waals surface area contributed by atoms with Crippen molar-refractivity contribution >= 4 is 40.7 Å². The molecule has 1 N–H and O–H groups in total. The van der Waals surface area contributed by atoms with Gasteiger partial charge < -0.3 is 5.32 Å². The largest absolute Gasteiger partial charge is 0.332 e. The molecule has 28 heavy (non-hydrogen) atoms. The quantitative estimate of drug-likeness (QED) is 0.706. The molecule has 1 fully saturated rings. The Morgan fingerprint density at radius 3 is 2.18 bits per heavy atom. The number of amides is 1. The molecule has 0 aromatic heterocycles. The van der Waals surface area contributed by atoms with Gasteiger partial charge in [-0.3, -0.25) is 14.6 Å². The predicted molar refractivity (Wildman–Crippen MR) is 111 cm³/mol. The van der Waals surface area contributed by atoms with E-state index in [0.717, 1.165) is 19.6 Å². The molecule has 1 atom stereocenters. The van der Waals surface area contributed by atoms with Crippen LogP contribution < -0.4 is 5.32 Å². The molecule has 8 heteroatoms. The average Bonchev–Trinajstić information content (AvgIpc) is 2.67. The second-order valence-corrected chi connectivity index (χ2v) is 9.09. The van der Waals surface area contributed by atoms with E-state index < -0.39 is 21.7 Å². The summed E-state index contributed by atoms with van der Waals surface area (Å²) in [5, 5.41) is 2.78. The van der Waals surface area contributed by atoms with Gasteiger partial charge in [-0.05, 0) is 29.8 Å². The van der Waals surface area contributed by atoms with E-state index in [9.17, 15) is 9.18 Å². The Kier molecular flexibility index (Phi) is 7.18. The van der Waals surface area contributed by atoms with Crippen LogP contribution in [-0.4, -0.2) is 51.8 Å². The lowest BCUT2D eigenvalue weighted by atomic mass is 10.2. The smallest absolute Gasteiger partial charge is 0.252 e. The number of hydrogen-bond donors (Lipinski definition) is 1. The summed E-state index contributed by atoms with van der Waals surface area (Å²) in [7, 11) is 0. The minimum absolute atomic E-state index is 0.309. The second kappa shape index (κ2) is 9.42. The predicted octanol–water partition coefficient (Wildman–Crippen LogP) is 4.07. The van der Waals surface area contributed by atoms with E-state index in [1.54, 1.807) is 0 Å². The first-order chi connectivity index (χ1) is 13.3. The summed E-state index contributed by atoms with van der Waals surface area (Å²) in [4.78, 5) is 16.8. The van der Waals surface area contributed by atoms with Gasteiger partial charge in [-0.15, -0.1) is 0 Å². The minimum atomic E-state index is -1.70. The highest BCUT2D eigenvalue weighted by Gasteiger charge is 2.39. The summed E-state index contributed by atoms with van der Waals surface area (Å²) in [6.07, 6.45) is -0.783. The highest BCUT2D eigenvalue weighted by Crippen LogP contribution is 2.33. The fraction of sp³-hybridized carbons (Fsp3) is 0.350. The standard InChI is InChI=1S/C20H21Cl3FN3O/c21-20(22,23)19(25-18(28)16-6-8-17(24)9-7-16)27-12-10-26(11-13-27)14-15-4-2-1-3-5-15/h1-9,19H,10-14H2,(H,25,28). The molecular weight excluding hydrogens is 424 g/mol. The van der Waals surface area contributed by atoms with Crippen LogP contribution in [0.5, 0.6) is 0 Å². The molecule has 1 aliphatic rings. The van der Waals surface area contributed by atoms with E-state index in [1.807, 2.05) is 23.1 Å². The lowest BCUT2D eigenvalue weighted by Gasteiger charge is -2.41. The van der Waals surface area contributed by atoms with Crippen LogP contribution in [0.2, 0.25) is 0 Å². The van der Waals surface area contributed by atoms with Gasteiger partial charge in [0.1, 0.15) is 12.0 Å². The average molecular weight is 445 g/mol. The third-order valence-corrected chi connectivity index (χ3v) is 5.33. The Morgan fingerprint density at radius 2 is 1.61 bits per heavy atom. The van der Waals surface area contributed by atoms with Crippen LogP contribution in [0.25, 0.3) is 0 Å². The third kappa shape index (κ3) is 5.82. The van der Waals surface area contributed by atoms with E-state index in [2.05, 4.69) is 22.3 Å². The molecule has 1 aliphatic heterocycles. The summed E-state index contributed by atoms with van der Waals surface area (Å²) < 4.78 is 11.4. The van der Waals surface area contributed by atoms with Crippen LogP contribution in [0.15, 0.2) is 54.6 Å². The first-order valence-corrected chi connectivity index (χ1v) is 10.1. The number of hydrogen-bond acceptors (Lipinski definition) is 3. The van der Waals surface area contributed by atoms with Gasteiger partial charge in [-0.1, -0.05) is 65.1 Å². The maximum Gasteiger partial charge on any atom is 0.252 e. The molecule has 1 amide bonds. The molecule has 3 rings (SSSR count). The second-order valence-electron chi connectivity index (χ2n) is 6.72. The Balaban J connectivity index is 1.61. The summed E-state index contributed by atoms with van der Waals surface area (Å²) in [6, 6.07) is 15.5. The van der Waals surface area contributed by atoms with Crippen LogP contribution in [0.1, 0.15) is 15.9 Å². The maximum atomic E-state index is 13.1. The van der Waals surface area contributed by atoms with E-state index in [4.69, 9.17) is 34.8 Å². The number of benzene rings is 2. The van der Waals surface area contributed by atoms with Gasteiger partial charge in [0.05, 0.1) is 0 Å². The zero-order valence-corrected chi connectivity index (χ0v) is 17.4. The molecule has 0 spiro atoms. The van der Waals surface area contributed by atoms with Crippen molar-refractivity contribution in [3.63, 3.8) is 0 Å². The van der Waals surface area contributed by atoms with Gasteiger partial charge in [-0.2, -0.15) is 0 Å². The molecule has 4 nitrogen and oxygen atoms in total. The number of nitrogens with zero attached hydrogens (tertiary/aromatic N) is 2. The molecule has 2 aromatic carbocycles. The molecule has 0 saturated carbocycles. The lowest BCUT2D eigenvalue weighted by molar-refractivity contribution is 0.0658. The van der Waals surface area contributed by atoms with Gasteiger partial charge >= 0.3 is 0 Å². The van der Waals surface area contributed by atoms with Gasteiger partial charge in [0.15, 0.2) is 0 Å². The molecule has 1 heterocycles. The lowest BCUT2D eigenvalue weighted by Crippen LogP contribution is -2.60. The van der Waals surface area contributed by atoms with E-state index in [1.165, 1.54) is 29.8 Å². The van der Waals surface area contributed by atoms with Gasteiger partial charge in [0.25, 0.3) is 5.91 Å².